The number of hydrogen-bond donors (Lipinski definition) is 2. The van der Waals surface area contributed by atoms with E-state index >= 15 is 0 Å². The van der Waals surface area contributed by atoms with Crippen molar-refractivity contribution in [3.8, 4) is 0 Å². The molecule has 0 spiro atoms. The van der Waals surface area contributed by atoms with Crippen LogP contribution < -0.4 is 5.32 Å². The van der Waals surface area contributed by atoms with Gasteiger partial charge in [0.15, 0.2) is 0 Å². The quantitative estimate of drug-likeness (QED) is 0.510. The summed E-state index contributed by atoms with van der Waals surface area (Å²) in [6.45, 7) is 1.75. The zero-order chi connectivity index (χ0) is 15.5. The largest absolute Gasteiger partial charge is 0.478 e. The molecule has 1 rings (SSSR count). The van der Waals surface area contributed by atoms with E-state index in [1.165, 1.54) is 18.5 Å². The van der Waals surface area contributed by atoms with E-state index in [4.69, 9.17) is 14.6 Å². The number of ether oxygens (including phenoxy) is 2. The summed E-state index contributed by atoms with van der Waals surface area (Å²) in [5.74, 6) is -1.35. The Morgan fingerprint density at radius 1 is 1.33 bits per heavy atom. The fourth-order valence-corrected chi connectivity index (χ4v) is 1.42. The first-order valence-corrected chi connectivity index (χ1v) is 6.34. The average molecular weight is 294 g/mol. The van der Waals surface area contributed by atoms with E-state index in [-0.39, 0.29) is 5.91 Å². The molecular formula is C14H18N2O5. The Hall–Kier alpha value is -2.25. The van der Waals surface area contributed by atoms with Crippen molar-refractivity contribution in [3.63, 3.8) is 0 Å². The zero-order valence-corrected chi connectivity index (χ0v) is 11.7. The van der Waals surface area contributed by atoms with E-state index in [0.717, 1.165) is 6.08 Å². The van der Waals surface area contributed by atoms with Crippen LogP contribution >= 0.6 is 0 Å². The second-order valence-electron chi connectivity index (χ2n) is 4.04. The van der Waals surface area contributed by atoms with Crippen LogP contribution in [0.1, 0.15) is 15.9 Å². The van der Waals surface area contributed by atoms with Gasteiger partial charge < -0.3 is 19.9 Å². The van der Waals surface area contributed by atoms with Crippen molar-refractivity contribution >= 4 is 18.0 Å². The molecule has 7 nitrogen and oxygen atoms in total. The Balaban J connectivity index is 2.43. The number of carbonyl (C=O) groups excluding carboxylic acids is 1. The van der Waals surface area contributed by atoms with Crippen molar-refractivity contribution < 1.29 is 24.2 Å². The molecule has 0 saturated carbocycles. The number of carbonyl (C=O) groups is 2. The van der Waals surface area contributed by atoms with Crippen LogP contribution in [-0.4, -0.2) is 55.4 Å². The first-order valence-electron chi connectivity index (χ1n) is 6.34. The van der Waals surface area contributed by atoms with Crippen LogP contribution in [0.5, 0.6) is 0 Å². The summed E-state index contributed by atoms with van der Waals surface area (Å²) in [6.07, 6.45) is 5.26. The molecule has 0 bridgehead atoms. The molecule has 2 N–H and O–H groups in total. The van der Waals surface area contributed by atoms with E-state index in [9.17, 15) is 9.59 Å². The van der Waals surface area contributed by atoms with Crippen LogP contribution in [0, 0.1) is 0 Å². The summed E-state index contributed by atoms with van der Waals surface area (Å²) in [5.41, 5.74) is 0.904. The number of pyridine rings is 1. The van der Waals surface area contributed by atoms with E-state index < -0.39 is 5.97 Å². The van der Waals surface area contributed by atoms with E-state index in [0.29, 0.717) is 37.5 Å². The summed E-state index contributed by atoms with van der Waals surface area (Å²) in [7, 11) is 1.59. The molecule has 0 fully saturated rings. The maximum Gasteiger partial charge on any atom is 0.328 e. The maximum atomic E-state index is 11.9. The molecule has 0 aromatic carbocycles. The lowest BCUT2D eigenvalue weighted by molar-refractivity contribution is -0.131. The minimum absolute atomic E-state index is 0.289. The molecule has 1 heterocycles. The molecule has 0 aliphatic rings. The van der Waals surface area contributed by atoms with E-state index in [2.05, 4.69) is 10.3 Å². The summed E-state index contributed by atoms with van der Waals surface area (Å²) >= 11 is 0. The van der Waals surface area contributed by atoms with Gasteiger partial charge in [-0.2, -0.15) is 0 Å². The molecule has 0 aliphatic carbocycles. The van der Waals surface area contributed by atoms with Gasteiger partial charge in [0.2, 0.25) is 0 Å². The van der Waals surface area contributed by atoms with Crippen molar-refractivity contribution in [2.75, 3.05) is 33.5 Å². The summed E-state index contributed by atoms with van der Waals surface area (Å²) in [6, 6.07) is 1.56. The van der Waals surface area contributed by atoms with Gasteiger partial charge in [-0.25, -0.2) is 4.79 Å². The average Bonchev–Trinajstić information content (AvgIpc) is 2.48. The van der Waals surface area contributed by atoms with Crippen molar-refractivity contribution in [1.29, 1.82) is 0 Å². The number of nitrogens with zero attached hydrogens (tertiary/aromatic N) is 1. The summed E-state index contributed by atoms with van der Waals surface area (Å²) < 4.78 is 10.0. The van der Waals surface area contributed by atoms with E-state index in [1.807, 2.05) is 0 Å². The lowest BCUT2D eigenvalue weighted by Crippen LogP contribution is -2.27. The molecule has 114 valence electrons. The predicted molar refractivity (Wildman–Crippen MR) is 75.9 cm³/mol. The molecular weight excluding hydrogens is 276 g/mol. The third-order valence-corrected chi connectivity index (χ3v) is 2.40. The molecule has 0 radical (unpaired) electrons. The Morgan fingerprint density at radius 2 is 2.14 bits per heavy atom. The monoisotopic (exact) mass is 294 g/mol. The molecule has 1 aromatic rings. The Kier molecular flexibility index (Phi) is 7.70. The van der Waals surface area contributed by atoms with Crippen LogP contribution in [0.25, 0.3) is 6.08 Å². The summed E-state index contributed by atoms with van der Waals surface area (Å²) in [5, 5.41) is 11.2. The molecule has 0 unspecified atom stereocenters. The maximum absolute atomic E-state index is 11.9. The first kappa shape index (κ1) is 16.8. The highest BCUT2D eigenvalue weighted by Gasteiger charge is 2.05. The molecule has 0 saturated heterocycles. The predicted octanol–water partition coefficient (Wildman–Crippen LogP) is 0.572. The number of aliphatic carboxylic acids is 1. The lowest BCUT2D eigenvalue weighted by Gasteiger charge is -2.06. The normalized spacial score (nSPS) is 10.7. The highest BCUT2D eigenvalue weighted by atomic mass is 16.5. The van der Waals surface area contributed by atoms with Gasteiger partial charge in [0.05, 0.1) is 25.4 Å². The Bertz CT molecular complexity index is 502. The number of methoxy groups -OCH3 is 1. The molecule has 0 aliphatic heterocycles. The minimum atomic E-state index is -1.06. The number of hydrogen-bond acceptors (Lipinski definition) is 5. The number of amides is 1. The first-order chi connectivity index (χ1) is 10.1. The van der Waals surface area contributed by atoms with Crippen molar-refractivity contribution in [2.24, 2.45) is 0 Å². The SMILES string of the molecule is COCCOCCNC(=O)c1cncc(C=CC(=O)O)c1. The highest BCUT2D eigenvalue weighted by Crippen LogP contribution is 2.04. The second-order valence-corrected chi connectivity index (χ2v) is 4.04. The molecule has 0 atom stereocenters. The third-order valence-electron chi connectivity index (χ3n) is 2.40. The Morgan fingerprint density at radius 3 is 2.86 bits per heavy atom. The fraction of sp³-hybridized carbons (Fsp3) is 0.357. The van der Waals surface area contributed by atoms with Gasteiger partial charge in [-0.1, -0.05) is 0 Å². The minimum Gasteiger partial charge on any atom is -0.478 e. The smallest absolute Gasteiger partial charge is 0.328 e. The number of nitrogens with one attached hydrogen (secondary N) is 1. The standard InChI is InChI=1S/C14H18N2O5/c1-20-6-7-21-5-4-16-14(19)12-8-11(9-15-10-12)2-3-13(17)18/h2-3,8-10H,4-7H2,1H3,(H,16,19)(H,17,18). The third kappa shape index (κ3) is 7.19. The molecule has 1 amide bonds. The van der Waals surface area contributed by atoms with Crippen LogP contribution in [-0.2, 0) is 14.3 Å². The summed E-state index contributed by atoms with van der Waals surface area (Å²) in [4.78, 5) is 26.2. The van der Waals surface area contributed by atoms with E-state index in [1.54, 1.807) is 13.2 Å². The topological polar surface area (TPSA) is 97.8 Å². The van der Waals surface area contributed by atoms with Gasteiger partial charge in [-0.3, -0.25) is 9.78 Å². The van der Waals surface area contributed by atoms with Crippen molar-refractivity contribution in [2.45, 2.75) is 0 Å². The van der Waals surface area contributed by atoms with Gasteiger partial charge in [0.25, 0.3) is 5.91 Å². The van der Waals surface area contributed by atoms with Crippen molar-refractivity contribution in [3.05, 3.63) is 35.7 Å². The zero-order valence-electron chi connectivity index (χ0n) is 11.7. The molecule has 1 aromatic heterocycles. The van der Waals surface area contributed by atoms with Gasteiger partial charge in [0.1, 0.15) is 0 Å². The van der Waals surface area contributed by atoms with Crippen LogP contribution in [0.3, 0.4) is 0 Å². The van der Waals surface area contributed by atoms with Gasteiger partial charge in [-0.05, 0) is 17.7 Å². The van der Waals surface area contributed by atoms with Gasteiger partial charge in [0, 0.05) is 32.1 Å². The molecule has 7 heteroatoms. The second kappa shape index (κ2) is 9.62. The van der Waals surface area contributed by atoms with Crippen LogP contribution in [0.4, 0.5) is 0 Å². The molecule has 21 heavy (non-hydrogen) atoms. The number of carboxylic acid groups (broad SMARTS) is 1. The Labute approximate surface area is 122 Å². The lowest BCUT2D eigenvalue weighted by atomic mass is 10.2. The van der Waals surface area contributed by atoms with Gasteiger partial charge in [-0.15, -0.1) is 0 Å². The van der Waals surface area contributed by atoms with Crippen LogP contribution in [0.2, 0.25) is 0 Å². The van der Waals surface area contributed by atoms with Crippen LogP contribution in [0.15, 0.2) is 24.5 Å². The number of rotatable bonds is 9. The van der Waals surface area contributed by atoms with Gasteiger partial charge >= 0.3 is 5.97 Å². The van der Waals surface area contributed by atoms with Crippen molar-refractivity contribution in [1.82, 2.24) is 10.3 Å². The highest BCUT2D eigenvalue weighted by molar-refractivity contribution is 5.94. The fourth-order valence-electron chi connectivity index (χ4n) is 1.42. The number of aromatic nitrogens is 1. The number of carboxylic acids is 1.